The zero-order valence-corrected chi connectivity index (χ0v) is 12.7. The number of methoxy groups -OCH3 is 3. The Balaban J connectivity index is 2.83. The van der Waals surface area contributed by atoms with E-state index in [9.17, 15) is 0 Å². The Hall–Kier alpha value is -1.46. The number of benzene rings is 1. The summed E-state index contributed by atoms with van der Waals surface area (Å²) >= 11 is 0. The first-order valence-corrected chi connectivity index (χ1v) is 6.82. The number of aliphatic hydroxyl groups excluding tert-OH is 1. The van der Waals surface area contributed by atoms with Crippen LogP contribution in [-0.4, -0.2) is 39.6 Å². The van der Waals surface area contributed by atoms with Gasteiger partial charge < -0.3 is 24.6 Å². The van der Waals surface area contributed by atoms with Gasteiger partial charge in [-0.3, -0.25) is 0 Å². The van der Waals surface area contributed by atoms with Crippen LogP contribution in [0.1, 0.15) is 31.4 Å². The van der Waals surface area contributed by atoms with E-state index in [0.29, 0.717) is 17.2 Å². The Morgan fingerprint density at radius 1 is 1.05 bits per heavy atom. The minimum atomic E-state index is 0.169. The van der Waals surface area contributed by atoms with Gasteiger partial charge in [0.2, 0.25) is 5.75 Å². The number of nitrogens with one attached hydrogen (secondary N) is 1. The summed E-state index contributed by atoms with van der Waals surface area (Å²) in [5.41, 5.74) is 1.07. The lowest BCUT2D eigenvalue weighted by Gasteiger charge is -2.18. The monoisotopic (exact) mass is 283 g/mol. The molecular weight excluding hydrogens is 258 g/mol. The molecule has 114 valence electrons. The molecule has 0 amide bonds. The van der Waals surface area contributed by atoms with Crippen LogP contribution >= 0.6 is 0 Å². The average Bonchev–Trinajstić information content (AvgIpc) is 2.49. The topological polar surface area (TPSA) is 60.0 Å². The number of ether oxygens (including phenoxy) is 3. The van der Waals surface area contributed by atoms with E-state index in [4.69, 9.17) is 19.3 Å². The molecule has 0 bridgehead atoms. The van der Waals surface area contributed by atoms with E-state index >= 15 is 0 Å². The predicted molar refractivity (Wildman–Crippen MR) is 78.8 cm³/mol. The second-order valence-corrected chi connectivity index (χ2v) is 4.57. The maximum atomic E-state index is 8.77. The maximum Gasteiger partial charge on any atom is 0.203 e. The quantitative estimate of drug-likeness (QED) is 0.680. The van der Waals surface area contributed by atoms with Gasteiger partial charge in [-0.05, 0) is 44.0 Å². The van der Waals surface area contributed by atoms with E-state index in [2.05, 4.69) is 12.2 Å². The highest BCUT2D eigenvalue weighted by Gasteiger charge is 2.15. The van der Waals surface area contributed by atoms with Crippen molar-refractivity contribution in [2.24, 2.45) is 0 Å². The molecule has 0 saturated carbocycles. The summed E-state index contributed by atoms with van der Waals surface area (Å²) in [5.74, 6) is 1.92. The summed E-state index contributed by atoms with van der Waals surface area (Å²) < 4.78 is 16.0. The molecule has 2 N–H and O–H groups in total. The van der Waals surface area contributed by atoms with Gasteiger partial charge >= 0.3 is 0 Å². The third-order valence-electron chi connectivity index (χ3n) is 3.22. The van der Waals surface area contributed by atoms with Crippen LogP contribution in [0.5, 0.6) is 17.2 Å². The molecule has 5 heteroatoms. The van der Waals surface area contributed by atoms with Gasteiger partial charge in [-0.25, -0.2) is 0 Å². The molecule has 0 heterocycles. The number of rotatable bonds is 9. The van der Waals surface area contributed by atoms with Crippen molar-refractivity contribution in [2.75, 3.05) is 34.5 Å². The van der Waals surface area contributed by atoms with Crippen molar-refractivity contribution in [3.8, 4) is 17.2 Å². The van der Waals surface area contributed by atoms with Crippen molar-refractivity contribution in [3.63, 3.8) is 0 Å². The van der Waals surface area contributed by atoms with Crippen molar-refractivity contribution in [1.29, 1.82) is 0 Å². The zero-order chi connectivity index (χ0) is 15.0. The summed E-state index contributed by atoms with van der Waals surface area (Å²) in [5, 5.41) is 12.2. The van der Waals surface area contributed by atoms with Gasteiger partial charge in [-0.1, -0.05) is 0 Å². The summed E-state index contributed by atoms with van der Waals surface area (Å²) in [7, 11) is 4.82. The van der Waals surface area contributed by atoms with Crippen LogP contribution in [-0.2, 0) is 0 Å². The fourth-order valence-electron chi connectivity index (χ4n) is 2.02. The first-order chi connectivity index (χ1) is 9.67. The lowest BCUT2D eigenvalue weighted by molar-refractivity contribution is 0.283. The molecule has 1 atom stereocenters. The second-order valence-electron chi connectivity index (χ2n) is 4.57. The SMILES string of the molecule is COc1cc(C(C)NCCCCO)cc(OC)c1OC. The van der Waals surface area contributed by atoms with Crippen molar-refractivity contribution in [3.05, 3.63) is 17.7 Å². The average molecular weight is 283 g/mol. The van der Waals surface area contributed by atoms with Crippen LogP contribution in [0.25, 0.3) is 0 Å². The molecule has 1 rings (SSSR count). The number of unbranched alkanes of at least 4 members (excludes halogenated alkanes) is 1. The molecule has 1 unspecified atom stereocenters. The molecule has 5 nitrogen and oxygen atoms in total. The van der Waals surface area contributed by atoms with E-state index in [0.717, 1.165) is 24.9 Å². The van der Waals surface area contributed by atoms with Crippen LogP contribution < -0.4 is 19.5 Å². The van der Waals surface area contributed by atoms with E-state index < -0.39 is 0 Å². The van der Waals surface area contributed by atoms with Crippen molar-refractivity contribution >= 4 is 0 Å². The third-order valence-corrected chi connectivity index (χ3v) is 3.22. The minimum absolute atomic E-state index is 0.169. The zero-order valence-electron chi connectivity index (χ0n) is 12.7. The van der Waals surface area contributed by atoms with Crippen molar-refractivity contribution in [2.45, 2.75) is 25.8 Å². The normalized spacial score (nSPS) is 12.1. The van der Waals surface area contributed by atoms with Gasteiger partial charge in [0.05, 0.1) is 21.3 Å². The molecule has 0 saturated heterocycles. The van der Waals surface area contributed by atoms with Crippen LogP contribution in [0, 0.1) is 0 Å². The van der Waals surface area contributed by atoms with Crippen LogP contribution in [0.2, 0.25) is 0 Å². The number of hydrogen-bond acceptors (Lipinski definition) is 5. The van der Waals surface area contributed by atoms with Gasteiger partial charge in [0, 0.05) is 12.6 Å². The molecule has 0 spiro atoms. The van der Waals surface area contributed by atoms with E-state index in [1.54, 1.807) is 21.3 Å². The first-order valence-electron chi connectivity index (χ1n) is 6.82. The molecule has 0 aliphatic rings. The fourth-order valence-corrected chi connectivity index (χ4v) is 2.02. The largest absolute Gasteiger partial charge is 0.493 e. The second kappa shape index (κ2) is 8.66. The summed E-state index contributed by atoms with van der Waals surface area (Å²) in [6, 6.07) is 4.07. The van der Waals surface area contributed by atoms with E-state index in [-0.39, 0.29) is 12.6 Å². The first kappa shape index (κ1) is 16.6. The lowest BCUT2D eigenvalue weighted by atomic mass is 10.1. The van der Waals surface area contributed by atoms with Gasteiger partial charge in [-0.2, -0.15) is 0 Å². The predicted octanol–water partition coefficient (Wildman–Crippen LogP) is 2.14. The summed E-state index contributed by atoms with van der Waals surface area (Å²) in [6.07, 6.45) is 1.76. The Labute approximate surface area is 120 Å². The number of aliphatic hydroxyl groups is 1. The molecule has 20 heavy (non-hydrogen) atoms. The summed E-state index contributed by atoms with van der Waals surface area (Å²) in [6.45, 7) is 3.18. The Bertz CT molecular complexity index is 384. The Morgan fingerprint density at radius 2 is 1.65 bits per heavy atom. The summed E-state index contributed by atoms with van der Waals surface area (Å²) in [4.78, 5) is 0. The van der Waals surface area contributed by atoms with E-state index in [1.165, 1.54) is 0 Å². The third kappa shape index (κ3) is 4.28. The van der Waals surface area contributed by atoms with Gasteiger partial charge in [0.25, 0.3) is 0 Å². The smallest absolute Gasteiger partial charge is 0.203 e. The molecule has 1 aromatic rings. The molecular formula is C15H25NO4. The molecule has 0 aliphatic carbocycles. The Kier molecular flexibility index (Phi) is 7.18. The van der Waals surface area contributed by atoms with Crippen LogP contribution in [0.15, 0.2) is 12.1 Å². The van der Waals surface area contributed by atoms with Crippen LogP contribution in [0.3, 0.4) is 0 Å². The number of hydrogen-bond donors (Lipinski definition) is 2. The standard InChI is InChI=1S/C15H25NO4/c1-11(16-7-5-6-8-17)12-9-13(18-2)15(20-4)14(10-12)19-3/h9-11,16-17H,5-8H2,1-4H3. The highest BCUT2D eigenvalue weighted by atomic mass is 16.5. The molecule has 1 aromatic carbocycles. The maximum absolute atomic E-state index is 8.77. The van der Waals surface area contributed by atoms with Crippen LogP contribution in [0.4, 0.5) is 0 Å². The van der Waals surface area contributed by atoms with Gasteiger partial charge in [0.1, 0.15) is 0 Å². The molecule has 0 aromatic heterocycles. The highest BCUT2D eigenvalue weighted by Crippen LogP contribution is 2.39. The van der Waals surface area contributed by atoms with Crippen molar-refractivity contribution in [1.82, 2.24) is 5.32 Å². The molecule has 0 aliphatic heterocycles. The Morgan fingerprint density at radius 3 is 2.10 bits per heavy atom. The van der Waals surface area contributed by atoms with E-state index in [1.807, 2.05) is 12.1 Å². The lowest BCUT2D eigenvalue weighted by Crippen LogP contribution is -2.20. The molecule has 0 radical (unpaired) electrons. The fraction of sp³-hybridized carbons (Fsp3) is 0.600. The molecule has 0 fully saturated rings. The van der Waals surface area contributed by atoms with Gasteiger partial charge in [0.15, 0.2) is 11.5 Å². The van der Waals surface area contributed by atoms with Crippen molar-refractivity contribution < 1.29 is 19.3 Å². The van der Waals surface area contributed by atoms with Gasteiger partial charge in [-0.15, -0.1) is 0 Å². The minimum Gasteiger partial charge on any atom is -0.493 e. The highest BCUT2D eigenvalue weighted by molar-refractivity contribution is 5.54.